The number of aromatic nitrogens is 4. The largest absolute Gasteiger partial charge is 0.469 e. The summed E-state index contributed by atoms with van der Waals surface area (Å²) in [5.41, 5.74) is 6.25. The Morgan fingerprint density at radius 2 is 2.00 bits per heavy atom. The van der Waals surface area contributed by atoms with Crippen LogP contribution in [-0.2, 0) is 40.0 Å². The zero-order chi connectivity index (χ0) is 16.8. The maximum atomic E-state index is 10.7. The normalized spacial score (nSPS) is 27.3. The predicted octanol–water partition coefficient (Wildman–Crippen LogP) is -1.87. The minimum Gasteiger partial charge on any atom is -0.387 e. The monoisotopic (exact) mass is 437 g/mol. The summed E-state index contributed by atoms with van der Waals surface area (Å²) in [4.78, 5) is 29.2. The Labute approximate surface area is 154 Å². The van der Waals surface area contributed by atoms with Gasteiger partial charge in [0.05, 0.1) is 12.9 Å². The smallest absolute Gasteiger partial charge is 0.387 e. The molecule has 12 nitrogen and oxygen atoms in total. The van der Waals surface area contributed by atoms with Crippen LogP contribution in [0.4, 0.5) is 5.82 Å². The molecule has 4 atom stereocenters. The minimum absolute atomic E-state index is 0. The van der Waals surface area contributed by atoms with E-state index in [0.717, 1.165) is 0 Å². The van der Waals surface area contributed by atoms with Gasteiger partial charge in [-0.25, -0.2) is 19.5 Å². The summed E-state index contributed by atoms with van der Waals surface area (Å²) >= 11 is 0. The Morgan fingerprint density at radius 3 is 2.67 bits per heavy atom. The van der Waals surface area contributed by atoms with Crippen molar-refractivity contribution in [1.29, 1.82) is 0 Å². The van der Waals surface area contributed by atoms with E-state index in [-0.39, 0.29) is 37.7 Å². The van der Waals surface area contributed by atoms with Crippen LogP contribution in [0.15, 0.2) is 12.7 Å². The van der Waals surface area contributed by atoms with Crippen molar-refractivity contribution in [2.24, 2.45) is 0 Å². The molecule has 0 radical (unpaired) electrons. The average Bonchev–Trinajstić information content (AvgIpc) is 3.01. The Bertz CT molecular complexity index is 769. The number of phosphoric acid groups is 1. The Kier molecular flexibility index (Phi) is 5.88. The van der Waals surface area contributed by atoms with Crippen molar-refractivity contribution in [3.8, 4) is 0 Å². The van der Waals surface area contributed by atoms with Crippen molar-refractivity contribution in [3.63, 3.8) is 0 Å². The molecular formula is C10H14N5O7PZr. The van der Waals surface area contributed by atoms with Crippen LogP contribution < -0.4 is 5.73 Å². The molecule has 0 amide bonds. The number of hydrogen-bond acceptors (Lipinski definition) is 9. The van der Waals surface area contributed by atoms with E-state index in [1.54, 1.807) is 0 Å². The number of imidazole rings is 1. The van der Waals surface area contributed by atoms with Crippen molar-refractivity contribution in [2.75, 3.05) is 12.3 Å². The second-order valence-corrected chi connectivity index (χ2v) is 6.15. The molecule has 24 heavy (non-hydrogen) atoms. The first kappa shape index (κ1) is 19.5. The van der Waals surface area contributed by atoms with Crippen LogP contribution in [0.25, 0.3) is 11.2 Å². The Balaban J connectivity index is 0.00000208. The van der Waals surface area contributed by atoms with E-state index in [9.17, 15) is 14.8 Å². The zero-order valence-electron chi connectivity index (χ0n) is 12.0. The van der Waals surface area contributed by atoms with Gasteiger partial charge in [0, 0.05) is 26.2 Å². The van der Waals surface area contributed by atoms with Gasteiger partial charge in [-0.15, -0.1) is 0 Å². The van der Waals surface area contributed by atoms with Crippen LogP contribution in [0.3, 0.4) is 0 Å². The average molecular weight is 438 g/mol. The molecule has 1 aliphatic rings. The molecular weight excluding hydrogens is 424 g/mol. The first-order valence-electron chi connectivity index (χ1n) is 6.42. The summed E-state index contributed by atoms with van der Waals surface area (Å²) in [5, 5.41) is 20.1. The number of aliphatic hydroxyl groups is 2. The summed E-state index contributed by atoms with van der Waals surface area (Å²) in [6.45, 7) is -0.594. The summed E-state index contributed by atoms with van der Waals surface area (Å²) in [7, 11) is -4.72. The molecule has 1 aliphatic heterocycles. The predicted molar refractivity (Wildman–Crippen MR) is 73.7 cm³/mol. The second-order valence-electron chi connectivity index (χ2n) is 4.92. The number of ether oxygens (including phenoxy) is 1. The van der Waals surface area contributed by atoms with Crippen molar-refractivity contribution in [1.82, 2.24) is 19.5 Å². The van der Waals surface area contributed by atoms with Crippen molar-refractivity contribution < 1.29 is 60.0 Å². The maximum Gasteiger partial charge on any atom is 0.469 e. The number of nitrogens with zero attached hydrogens (tertiary/aromatic N) is 4. The third-order valence-corrected chi connectivity index (χ3v) is 3.89. The number of phosphoric ester groups is 1. The van der Waals surface area contributed by atoms with Gasteiger partial charge in [0.25, 0.3) is 0 Å². The summed E-state index contributed by atoms with van der Waals surface area (Å²) in [6, 6.07) is 0. The maximum absolute atomic E-state index is 10.7. The molecule has 2 aromatic rings. The molecule has 0 spiro atoms. The van der Waals surface area contributed by atoms with Gasteiger partial charge < -0.3 is 30.5 Å². The van der Waals surface area contributed by atoms with Gasteiger partial charge in [-0.1, -0.05) is 0 Å². The van der Waals surface area contributed by atoms with Crippen molar-refractivity contribution >= 4 is 24.8 Å². The van der Waals surface area contributed by atoms with E-state index in [2.05, 4.69) is 19.5 Å². The van der Waals surface area contributed by atoms with Crippen LogP contribution >= 0.6 is 7.82 Å². The molecule has 0 aromatic carbocycles. The number of nitrogens with two attached hydrogens (primary N) is 1. The SMILES string of the molecule is Nc1ncnc2c1ncn2[C@@H]1O[C@H](COP(=O)(O)O)[C@@H](O)[C@H]1O.[Zr]. The molecule has 3 rings (SSSR count). The number of anilines is 1. The van der Waals surface area contributed by atoms with E-state index >= 15 is 0 Å². The summed E-state index contributed by atoms with van der Waals surface area (Å²) in [6.07, 6.45) is -2.49. The number of rotatable bonds is 4. The van der Waals surface area contributed by atoms with Gasteiger partial charge in [-0.3, -0.25) is 9.09 Å². The molecule has 14 heteroatoms. The third-order valence-electron chi connectivity index (χ3n) is 3.41. The summed E-state index contributed by atoms with van der Waals surface area (Å²) < 4.78 is 21.8. The molecule has 0 bridgehead atoms. The number of nitrogen functional groups attached to an aromatic ring is 1. The third kappa shape index (κ3) is 3.73. The molecule has 3 heterocycles. The van der Waals surface area contributed by atoms with Crippen LogP contribution in [-0.4, -0.2) is 64.4 Å². The number of aliphatic hydroxyl groups excluding tert-OH is 2. The minimum atomic E-state index is -4.72. The molecule has 1 saturated heterocycles. The first-order valence-corrected chi connectivity index (χ1v) is 7.95. The fraction of sp³-hybridized carbons (Fsp3) is 0.500. The molecule has 6 N–H and O–H groups in total. The van der Waals surface area contributed by atoms with Gasteiger partial charge in [0.15, 0.2) is 17.7 Å². The summed E-state index contributed by atoms with van der Waals surface area (Å²) in [5.74, 6) is 0.142. The number of fused-ring (bicyclic) bond motifs is 1. The van der Waals surface area contributed by atoms with Gasteiger partial charge in [0.2, 0.25) is 0 Å². The molecule has 130 valence electrons. The van der Waals surface area contributed by atoms with Gasteiger partial charge >= 0.3 is 7.82 Å². The van der Waals surface area contributed by atoms with Gasteiger partial charge in [-0.05, 0) is 0 Å². The molecule has 1 fully saturated rings. The van der Waals surface area contributed by atoms with E-state index < -0.39 is 39.0 Å². The van der Waals surface area contributed by atoms with E-state index in [0.29, 0.717) is 5.52 Å². The molecule has 0 aliphatic carbocycles. The Hall–Kier alpha value is -0.777. The zero-order valence-corrected chi connectivity index (χ0v) is 15.4. The van der Waals surface area contributed by atoms with Crippen molar-refractivity contribution in [3.05, 3.63) is 12.7 Å². The fourth-order valence-electron chi connectivity index (χ4n) is 2.32. The molecule has 0 unspecified atom stereocenters. The standard InChI is InChI=1S/C10H14N5O7P.Zr/c11-8-5-9(13-2-12-8)15(3-14-5)10-7(17)6(16)4(22-10)1-21-23(18,19)20;/h2-4,6-7,10,16-17H,1H2,(H2,11,12,13)(H2,18,19,20);/t4-,6-,7-,10-;/m1./s1. The number of hydrogen-bond donors (Lipinski definition) is 5. The van der Waals surface area contributed by atoms with E-state index in [1.807, 2.05) is 0 Å². The van der Waals surface area contributed by atoms with Crippen molar-refractivity contribution in [2.45, 2.75) is 24.5 Å². The fourth-order valence-corrected chi connectivity index (χ4v) is 2.66. The van der Waals surface area contributed by atoms with Gasteiger partial charge in [0.1, 0.15) is 30.2 Å². The van der Waals surface area contributed by atoms with Crippen LogP contribution in [0.2, 0.25) is 0 Å². The quantitative estimate of drug-likeness (QED) is 0.337. The van der Waals surface area contributed by atoms with Crippen LogP contribution in [0.1, 0.15) is 6.23 Å². The van der Waals surface area contributed by atoms with Gasteiger partial charge in [-0.2, -0.15) is 0 Å². The Morgan fingerprint density at radius 1 is 1.29 bits per heavy atom. The van der Waals surface area contributed by atoms with Crippen LogP contribution in [0.5, 0.6) is 0 Å². The van der Waals surface area contributed by atoms with Crippen LogP contribution in [0, 0.1) is 0 Å². The van der Waals surface area contributed by atoms with E-state index in [4.69, 9.17) is 20.3 Å². The first-order chi connectivity index (χ1) is 10.8. The molecule has 0 saturated carbocycles. The topological polar surface area (TPSA) is 186 Å². The molecule has 2 aromatic heterocycles. The van der Waals surface area contributed by atoms with E-state index in [1.165, 1.54) is 17.2 Å². The second kappa shape index (κ2) is 7.22.